The van der Waals surface area contributed by atoms with E-state index >= 15 is 0 Å². The predicted octanol–water partition coefficient (Wildman–Crippen LogP) is 5.59. The van der Waals surface area contributed by atoms with E-state index in [-0.39, 0.29) is 23.5 Å². The van der Waals surface area contributed by atoms with Gasteiger partial charge in [0.25, 0.3) is 5.91 Å². The van der Waals surface area contributed by atoms with Gasteiger partial charge in [-0.25, -0.2) is 8.42 Å². The van der Waals surface area contributed by atoms with Crippen molar-refractivity contribution >= 4 is 60.7 Å². The number of sulfonamides is 1. The fraction of sp³-hybridized carbons (Fsp3) is 0.154. The third kappa shape index (κ3) is 5.41. The van der Waals surface area contributed by atoms with Crippen LogP contribution in [0, 0.1) is 12.3 Å². The number of benzene rings is 3. The SMILES string of the molecule is C#CCn1c(=NC(=O)c2ccc(S(=O)(=O)N(CC)Cc3ccccc3)cc2)sc2cc(Cl)cc(Cl)c21. The molecule has 3 aromatic carbocycles. The van der Waals surface area contributed by atoms with E-state index in [2.05, 4.69) is 10.9 Å². The lowest BCUT2D eigenvalue weighted by Gasteiger charge is -2.20. The zero-order valence-electron chi connectivity index (χ0n) is 19.2. The number of amides is 1. The van der Waals surface area contributed by atoms with Crippen molar-refractivity contribution < 1.29 is 13.2 Å². The molecule has 0 spiro atoms. The van der Waals surface area contributed by atoms with Gasteiger partial charge in [0, 0.05) is 23.7 Å². The highest BCUT2D eigenvalue weighted by Gasteiger charge is 2.23. The number of hydrogen-bond acceptors (Lipinski definition) is 4. The Bertz CT molecular complexity index is 1640. The molecule has 1 heterocycles. The number of aromatic nitrogens is 1. The summed E-state index contributed by atoms with van der Waals surface area (Å²) in [5.74, 6) is 2.02. The maximum Gasteiger partial charge on any atom is 0.279 e. The number of thiazole rings is 1. The van der Waals surface area contributed by atoms with Crippen molar-refractivity contribution in [3.05, 3.63) is 92.7 Å². The molecule has 0 aliphatic rings. The largest absolute Gasteiger partial charge is 0.303 e. The molecule has 0 N–H and O–H groups in total. The Morgan fingerprint density at radius 1 is 1.11 bits per heavy atom. The third-order valence-electron chi connectivity index (χ3n) is 5.44. The number of carbonyl (C=O) groups is 1. The summed E-state index contributed by atoms with van der Waals surface area (Å²) >= 11 is 13.7. The zero-order chi connectivity index (χ0) is 25.9. The molecule has 10 heteroatoms. The standard InChI is InChI=1S/C26H21Cl2N3O3S2/c1-3-14-31-24-22(28)15-20(27)16-23(24)35-26(31)29-25(32)19-10-12-21(13-11-19)36(33,34)30(4-2)17-18-8-6-5-7-9-18/h1,5-13,15-16H,4,14,17H2,2H3. The number of fused-ring (bicyclic) bond motifs is 1. The Kier molecular flexibility index (Phi) is 7.98. The van der Waals surface area contributed by atoms with Crippen LogP contribution in [-0.4, -0.2) is 29.7 Å². The van der Waals surface area contributed by atoms with Crippen LogP contribution in [0.15, 0.2) is 76.6 Å². The quantitative estimate of drug-likeness (QED) is 0.278. The fourth-order valence-corrected chi connectivity index (χ4v) is 6.92. The summed E-state index contributed by atoms with van der Waals surface area (Å²) in [5.41, 5.74) is 1.78. The van der Waals surface area contributed by atoms with Gasteiger partial charge < -0.3 is 4.57 Å². The van der Waals surface area contributed by atoms with Gasteiger partial charge in [-0.2, -0.15) is 9.30 Å². The summed E-state index contributed by atoms with van der Waals surface area (Å²) in [6.45, 7) is 2.51. The Morgan fingerprint density at radius 2 is 1.81 bits per heavy atom. The van der Waals surface area contributed by atoms with E-state index in [9.17, 15) is 13.2 Å². The van der Waals surface area contributed by atoms with E-state index in [0.717, 1.165) is 10.3 Å². The Morgan fingerprint density at radius 3 is 2.44 bits per heavy atom. The lowest BCUT2D eigenvalue weighted by atomic mass is 10.2. The molecule has 36 heavy (non-hydrogen) atoms. The number of halogens is 2. The molecule has 0 radical (unpaired) electrons. The van der Waals surface area contributed by atoms with Gasteiger partial charge in [0.15, 0.2) is 4.80 Å². The first kappa shape index (κ1) is 26.1. The maximum absolute atomic E-state index is 13.2. The molecule has 1 aromatic heterocycles. The van der Waals surface area contributed by atoms with Crippen LogP contribution in [0.3, 0.4) is 0 Å². The minimum Gasteiger partial charge on any atom is -0.303 e. The highest BCUT2D eigenvalue weighted by molar-refractivity contribution is 7.89. The van der Waals surface area contributed by atoms with Crippen molar-refractivity contribution in [3.63, 3.8) is 0 Å². The van der Waals surface area contributed by atoms with Gasteiger partial charge in [0.2, 0.25) is 10.0 Å². The second-order valence-electron chi connectivity index (χ2n) is 7.77. The van der Waals surface area contributed by atoms with E-state index in [4.69, 9.17) is 29.6 Å². The van der Waals surface area contributed by atoms with Gasteiger partial charge in [0.1, 0.15) is 0 Å². The number of nitrogens with zero attached hydrogens (tertiary/aromatic N) is 3. The smallest absolute Gasteiger partial charge is 0.279 e. The van der Waals surface area contributed by atoms with E-state index in [1.807, 2.05) is 30.3 Å². The lowest BCUT2D eigenvalue weighted by Crippen LogP contribution is -2.30. The molecular formula is C26H21Cl2N3O3S2. The minimum atomic E-state index is -3.75. The molecule has 1 amide bonds. The van der Waals surface area contributed by atoms with Crippen LogP contribution in [0.5, 0.6) is 0 Å². The average Bonchev–Trinajstić information content (AvgIpc) is 3.20. The van der Waals surface area contributed by atoms with Crippen LogP contribution in [0.4, 0.5) is 0 Å². The summed E-state index contributed by atoms with van der Waals surface area (Å²) in [7, 11) is -3.75. The molecule has 4 rings (SSSR count). The van der Waals surface area contributed by atoms with Crippen molar-refractivity contribution in [1.29, 1.82) is 0 Å². The van der Waals surface area contributed by atoms with Gasteiger partial charge >= 0.3 is 0 Å². The normalized spacial score (nSPS) is 12.2. The molecule has 4 aromatic rings. The topological polar surface area (TPSA) is 71.7 Å². The molecule has 0 atom stereocenters. The summed E-state index contributed by atoms with van der Waals surface area (Å²) in [6.07, 6.45) is 5.52. The first-order valence-electron chi connectivity index (χ1n) is 10.9. The number of terminal acetylenes is 1. The lowest BCUT2D eigenvalue weighted by molar-refractivity contribution is 0.0998. The second-order valence-corrected chi connectivity index (χ2v) is 11.6. The Balaban J connectivity index is 1.65. The van der Waals surface area contributed by atoms with Crippen LogP contribution in [0.2, 0.25) is 10.0 Å². The van der Waals surface area contributed by atoms with Gasteiger partial charge in [-0.15, -0.1) is 6.42 Å². The average molecular weight is 559 g/mol. The predicted molar refractivity (Wildman–Crippen MR) is 145 cm³/mol. The summed E-state index contributed by atoms with van der Waals surface area (Å²) < 4.78 is 30.2. The zero-order valence-corrected chi connectivity index (χ0v) is 22.3. The molecule has 0 saturated carbocycles. The molecular weight excluding hydrogens is 537 g/mol. The molecule has 0 aliphatic heterocycles. The Labute approximate surface area is 223 Å². The van der Waals surface area contributed by atoms with Gasteiger partial charge in [-0.1, -0.05) is 77.7 Å². The molecule has 0 bridgehead atoms. The number of rotatable bonds is 7. The minimum absolute atomic E-state index is 0.0995. The number of hydrogen-bond donors (Lipinski definition) is 0. The van der Waals surface area contributed by atoms with Crippen LogP contribution < -0.4 is 4.80 Å². The first-order valence-corrected chi connectivity index (χ1v) is 13.9. The summed E-state index contributed by atoms with van der Waals surface area (Å²) in [5, 5.41) is 0.869. The summed E-state index contributed by atoms with van der Waals surface area (Å²) in [6, 6.07) is 18.5. The second kappa shape index (κ2) is 11.0. The highest BCUT2D eigenvalue weighted by atomic mass is 35.5. The van der Waals surface area contributed by atoms with Crippen LogP contribution >= 0.6 is 34.5 Å². The van der Waals surface area contributed by atoms with Crippen LogP contribution in [-0.2, 0) is 23.1 Å². The van der Waals surface area contributed by atoms with E-state index in [0.29, 0.717) is 26.9 Å². The van der Waals surface area contributed by atoms with E-state index in [1.165, 1.54) is 39.9 Å². The maximum atomic E-state index is 13.2. The van der Waals surface area contributed by atoms with Crippen molar-refractivity contribution in [2.24, 2.45) is 4.99 Å². The molecule has 6 nitrogen and oxygen atoms in total. The van der Waals surface area contributed by atoms with Crippen molar-refractivity contribution in [2.45, 2.75) is 24.9 Å². The van der Waals surface area contributed by atoms with Gasteiger partial charge in [-0.05, 0) is 42.0 Å². The van der Waals surface area contributed by atoms with E-state index in [1.54, 1.807) is 23.6 Å². The number of carbonyl (C=O) groups excluding carboxylic acids is 1. The first-order chi connectivity index (χ1) is 17.2. The van der Waals surface area contributed by atoms with Crippen molar-refractivity contribution in [3.8, 4) is 12.3 Å². The molecule has 0 saturated heterocycles. The monoisotopic (exact) mass is 557 g/mol. The van der Waals surface area contributed by atoms with Crippen molar-refractivity contribution in [1.82, 2.24) is 8.87 Å². The third-order valence-corrected chi connectivity index (χ3v) is 8.90. The molecule has 0 aliphatic carbocycles. The van der Waals surface area contributed by atoms with Gasteiger partial charge in [-0.3, -0.25) is 4.79 Å². The van der Waals surface area contributed by atoms with Gasteiger partial charge in [0.05, 0.1) is 26.7 Å². The van der Waals surface area contributed by atoms with Crippen LogP contribution in [0.1, 0.15) is 22.8 Å². The molecule has 0 fully saturated rings. The molecule has 0 unspecified atom stereocenters. The highest BCUT2D eigenvalue weighted by Crippen LogP contribution is 2.29. The summed E-state index contributed by atoms with van der Waals surface area (Å²) in [4.78, 5) is 17.7. The van der Waals surface area contributed by atoms with Crippen molar-refractivity contribution in [2.75, 3.05) is 6.54 Å². The van der Waals surface area contributed by atoms with Crippen LogP contribution in [0.25, 0.3) is 10.2 Å². The van der Waals surface area contributed by atoms with E-state index < -0.39 is 15.9 Å². The molecule has 184 valence electrons. The fourth-order valence-electron chi connectivity index (χ4n) is 3.68. The Hall–Kier alpha value is -2.93.